The molecule has 1 rings (SSSR count). The van der Waals surface area contributed by atoms with E-state index >= 15 is 0 Å². The summed E-state index contributed by atoms with van der Waals surface area (Å²) >= 11 is 1.24. The number of rotatable bonds is 7. The summed E-state index contributed by atoms with van der Waals surface area (Å²) in [7, 11) is 1.27. The number of carboxylic acid groups (broad SMARTS) is 1. The van der Waals surface area contributed by atoms with Gasteiger partial charge < -0.3 is 20.1 Å². The molecule has 0 aromatic heterocycles. The van der Waals surface area contributed by atoms with E-state index in [-0.39, 0.29) is 24.1 Å². The van der Waals surface area contributed by atoms with Crippen LogP contribution in [-0.4, -0.2) is 65.7 Å². The number of hydrogen-bond donors (Lipinski definition) is 2. The molecule has 1 aliphatic heterocycles. The molecule has 1 aliphatic rings. The van der Waals surface area contributed by atoms with Gasteiger partial charge in [0, 0.05) is 32.4 Å². The zero-order chi connectivity index (χ0) is 13.5. The molecule has 102 valence electrons. The van der Waals surface area contributed by atoms with E-state index in [2.05, 4.69) is 10.1 Å². The van der Waals surface area contributed by atoms with E-state index in [0.29, 0.717) is 13.1 Å². The lowest BCUT2D eigenvalue weighted by atomic mass is 10.3. The smallest absolute Gasteiger partial charge is 0.334 e. The van der Waals surface area contributed by atoms with Gasteiger partial charge in [-0.05, 0) is 0 Å². The van der Waals surface area contributed by atoms with E-state index in [1.807, 2.05) is 0 Å². The second-order valence-electron chi connectivity index (χ2n) is 3.72. The first-order valence-electron chi connectivity index (χ1n) is 5.48. The highest BCUT2D eigenvalue weighted by molar-refractivity contribution is 8.13. The Morgan fingerprint density at radius 3 is 2.83 bits per heavy atom. The summed E-state index contributed by atoms with van der Waals surface area (Å²) in [5.41, 5.74) is 0. The number of aliphatic carboxylic acids is 1. The van der Waals surface area contributed by atoms with Crippen LogP contribution in [0.25, 0.3) is 0 Å². The van der Waals surface area contributed by atoms with Crippen LogP contribution in [0.4, 0.5) is 4.79 Å². The van der Waals surface area contributed by atoms with Gasteiger partial charge in [-0.15, -0.1) is 0 Å². The first-order valence-corrected chi connectivity index (χ1v) is 6.47. The lowest BCUT2D eigenvalue weighted by molar-refractivity contribution is -0.148. The Hall–Kier alpha value is -1.28. The van der Waals surface area contributed by atoms with Gasteiger partial charge in [0.2, 0.25) is 5.91 Å². The highest BCUT2D eigenvalue weighted by Gasteiger charge is 2.22. The summed E-state index contributed by atoms with van der Waals surface area (Å²) in [4.78, 5) is 34.9. The van der Waals surface area contributed by atoms with Crippen LogP contribution in [0.1, 0.15) is 6.42 Å². The fourth-order valence-corrected chi connectivity index (χ4v) is 2.28. The SMILES string of the molecule is COC(CNC(=O)CCN1CCSC1=O)C(=O)O. The van der Waals surface area contributed by atoms with Gasteiger partial charge in [0.05, 0.1) is 6.54 Å². The van der Waals surface area contributed by atoms with E-state index in [9.17, 15) is 14.4 Å². The predicted octanol–water partition coefficient (Wildman–Crippen LogP) is -0.239. The zero-order valence-corrected chi connectivity index (χ0v) is 10.9. The standard InChI is InChI=1S/C10H16N2O5S/c1-17-7(9(14)15)6-11-8(13)2-3-12-4-5-18-10(12)16/h7H,2-6H2,1H3,(H,11,13)(H,14,15). The fraction of sp³-hybridized carbons (Fsp3) is 0.700. The van der Waals surface area contributed by atoms with Crippen LogP contribution in [0, 0.1) is 0 Å². The van der Waals surface area contributed by atoms with Gasteiger partial charge in [0.25, 0.3) is 5.24 Å². The molecule has 0 aliphatic carbocycles. The van der Waals surface area contributed by atoms with Gasteiger partial charge in [0.15, 0.2) is 6.10 Å². The number of ether oxygens (including phenoxy) is 1. The largest absolute Gasteiger partial charge is 0.479 e. The Labute approximate surface area is 109 Å². The lowest BCUT2D eigenvalue weighted by Crippen LogP contribution is -2.39. The Balaban J connectivity index is 2.21. The van der Waals surface area contributed by atoms with Crippen LogP contribution in [0.3, 0.4) is 0 Å². The maximum atomic E-state index is 11.4. The highest BCUT2D eigenvalue weighted by Crippen LogP contribution is 2.16. The fourth-order valence-electron chi connectivity index (χ4n) is 1.43. The van der Waals surface area contributed by atoms with Gasteiger partial charge in [-0.2, -0.15) is 0 Å². The molecule has 0 spiro atoms. The number of carboxylic acids is 1. The lowest BCUT2D eigenvalue weighted by Gasteiger charge is -2.15. The molecule has 0 bridgehead atoms. The van der Waals surface area contributed by atoms with Crippen LogP contribution in [0.5, 0.6) is 0 Å². The number of carbonyl (C=O) groups is 3. The Morgan fingerprint density at radius 2 is 2.33 bits per heavy atom. The molecular weight excluding hydrogens is 260 g/mol. The molecule has 1 heterocycles. The Kier molecular flexibility index (Phi) is 5.93. The molecule has 0 aromatic carbocycles. The van der Waals surface area contributed by atoms with Crippen molar-refractivity contribution in [1.29, 1.82) is 0 Å². The summed E-state index contributed by atoms with van der Waals surface area (Å²) in [5.74, 6) is -0.655. The summed E-state index contributed by atoms with van der Waals surface area (Å²) in [6.45, 7) is 0.947. The van der Waals surface area contributed by atoms with E-state index in [1.165, 1.54) is 18.9 Å². The summed E-state index contributed by atoms with van der Waals surface area (Å²) in [5, 5.41) is 11.1. The number of hydrogen-bond acceptors (Lipinski definition) is 5. The number of carbonyl (C=O) groups excluding carboxylic acids is 2. The van der Waals surface area contributed by atoms with Gasteiger partial charge >= 0.3 is 5.97 Å². The second-order valence-corrected chi connectivity index (χ2v) is 4.76. The van der Waals surface area contributed by atoms with Crippen molar-refractivity contribution < 1.29 is 24.2 Å². The van der Waals surface area contributed by atoms with Gasteiger partial charge in [-0.25, -0.2) is 4.79 Å². The van der Waals surface area contributed by atoms with Crippen molar-refractivity contribution in [1.82, 2.24) is 10.2 Å². The van der Waals surface area contributed by atoms with Crippen LogP contribution in [0.2, 0.25) is 0 Å². The summed E-state index contributed by atoms with van der Waals surface area (Å²) in [6.07, 6.45) is -0.875. The van der Waals surface area contributed by atoms with Crippen molar-refractivity contribution in [2.24, 2.45) is 0 Å². The van der Waals surface area contributed by atoms with Crippen LogP contribution < -0.4 is 5.32 Å². The maximum absolute atomic E-state index is 11.4. The maximum Gasteiger partial charge on any atom is 0.334 e. The molecule has 1 atom stereocenters. The molecule has 2 N–H and O–H groups in total. The van der Waals surface area contributed by atoms with E-state index in [0.717, 1.165) is 5.75 Å². The second kappa shape index (κ2) is 7.22. The monoisotopic (exact) mass is 276 g/mol. The van der Waals surface area contributed by atoms with E-state index in [1.54, 1.807) is 4.90 Å². The van der Waals surface area contributed by atoms with Crippen molar-refractivity contribution in [3.8, 4) is 0 Å². The molecular formula is C10H16N2O5S. The van der Waals surface area contributed by atoms with Gasteiger partial charge in [-0.1, -0.05) is 11.8 Å². The van der Waals surface area contributed by atoms with Crippen LogP contribution >= 0.6 is 11.8 Å². The molecule has 1 fully saturated rings. The normalized spacial score (nSPS) is 16.7. The number of nitrogens with one attached hydrogen (secondary N) is 1. The third-order valence-corrected chi connectivity index (χ3v) is 3.39. The third-order valence-electron chi connectivity index (χ3n) is 2.50. The first kappa shape index (κ1) is 14.8. The number of amides is 2. The predicted molar refractivity (Wildman–Crippen MR) is 65.5 cm³/mol. The average molecular weight is 276 g/mol. The number of nitrogens with zero attached hydrogens (tertiary/aromatic N) is 1. The Bertz CT molecular complexity index is 328. The molecule has 18 heavy (non-hydrogen) atoms. The molecule has 0 saturated carbocycles. The van der Waals surface area contributed by atoms with Gasteiger partial charge in [0.1, 0.15) is 0 Å². The van der Waals surface area contributed by atoms with Crippen molar-refractivity contribution in [3.05, 3.63) is 0 Å². The van der Waals surface area contributed by atoms with Crippen LogP contribution in [0.15, 0.2) is 0 Å². The quantitative estimate of drug-likeness (QED) is 0.666. The van der Waals surface area contributed by atoms with Crippen molar-refractivity contribution in [2.75, 3.05) is 32.5 Å². The topological polar surface area (TPSA) is 95.9 Å². The van der Waals surface area contributed by atoms with Crippen LogP contribution in [-0.2, 0) is 14.3 Å². The Morgan fingerprint density at radius 1 is 1.61 bits per heavy atom. The summed E-state index contributed by atoms with van der Waals surface area (Å²) < 4.78 is 4.68. The molecule has 0 aromatic rings. The summed E-state index contributed by atoms with van der Waals surface area (Å²) in [6, 6.07) is 0. The molecule has 1 unspecified atom stereocenters. The zero-order valence-electron chi connectivity index (χ0n) is 10.0. The van der Waals surface area contributed by atoms with Crippen molar-refractivity contribution in [2.45, 2.75) is 12.5 Å². The molecule has 7 nitrogen and oxygen atoms in total. The number of thioether (sulfide) groups is 1. The minimum Gasteiger partial charge on any atom is -0.479 e. The molecule has 0 radical (unpaired) electrons. The van der Waals surface area contributed by atoms with Crippen molar-refractivity contribution in [3.63, 3.8) is 0 Å². The highest BCUT2D eigenvalue weighted by atomic mass is 32.2. The van der Waals surface area contributed by atoms with Crippen molar-refractivity contribution >= 4 is 28.9 Å². The molecule has 2 amide bonds. The van der Waals surface area contributed by atoms with E-state index in [4.69, 9.17) is 5.11 Å². The molecule has 8 heteroatoms. The minimum atomic E-state index is -1.12. The molecule has 1 saturated heterocycles. The van der Waals surface area contributed by atoms with Gasteiger partial charge in [-0.3, -0.25) is 9.59 Å². The average Bonchev–Trinajstić information content (AvgIpc) is 2.72. The van der Waals surface area contributed by atoms with E-state index < -0.39 is 12.1 Å². The first-order chi connectivity index (χ1) is 8.54. The number of methoxy groups -OCH3 is 1. The third kappa shape index (κ3) is 4.53. The minimum absolute atomic E-state index is 0.0110.